The summed E-state index contributed by atoms with van der Waals surface area (Å²) in [4.78, 5) is 24.7. The Morgan fingerprint density at radius 2 is 2.11 bits per heavy atom. The second-order valence-corrected chi connectivity index (χ2v) is 5.09. The fraction of sp³-hybridized carbons (Fsp3) is 0.385. The van der Waals surface area contributed by atoms with Gasteiger partial charge in [0, 0.05) is 10.5 Å². The number of Topliss-reactive ketones (excluding diaryl/α,β-unsaturated/α-hetero) is 1. The molecule has 0 bridgehead atoms. The highest BCUT2D eigenvalue weighted by Crippen LogP contribution is 2.26. The molecule has 1 unspecified atom stereocenters. The molecule has 18 heavy (non-hydrogen) atoms. The minimum atomic E-state index is -0.671. The van der Waals surface area contributed by atoms with E-state index in [4.69, 9.17) is 16.3 Å². The first-order valence-electron chi connectivity index (χ1n) is 5.55. The number of carbonyl (C=O) groups excluding carboxylic acids is 2. The van der Waals surface area contributed by atoms with E-state index in [0.29, 0.717) is 11.1 Å². The van der Waals surface area contributed by atoms with Crippen LogP contribution in [0.5, 0.6) is 0 Å². The van der Waals surface area contributed by atoms with E-state index >= 15 is 0 Å². The van der Waals surface area contributed by atoms with Gasteiger partial charge >= 0.3 is 5.97 Å². The third-order valence-corrected chi connectivity index (χ3v) is 3.33. The maximum absolute atomic E-state index is 12.0. The first kappa shape index (κ1) is 15.1. The molecule has 1 rings (SSSR count). The van der Waals surface area contributed by atoms with E-state index < -0.39 is 11.3 Å². The van der Waals surface area contributed by atoms with Crippen LogP contribution >= 0.6 is 23.4 Å². The Balaban J connectivity index is 3.33. The Kier molecular flexibility index (Phi) is 5.69. The average molecular weight is 287 g/mol. The van der Waals surface area contributed by atoms with Gasteiger partial charge in [-0.05, 0) is 26.2 Å². The Labute approximate surface area is 116 Å². The van der Waals surface area contributed by atoms with Crippen LogP contribution in [-0.2, 0) is 4.74 Å². The zero-order valence-corrected chi connectivity index (χ0v) is 12.1. The first-order valence-corrected chi connectivity index (χ1v) is 7.21. The van der Waals surface area contributed by atoms with Crippen molar-refractivity contribution >= 4 is 35.1 Å². The zero-order valence-electron chi connectivity index (χ0n) is 10.5. The number of ketones is 1. The molecule has 1 aromatic rings. The van der Waals surface area contributed by atoms with Crippen molar-refractivity contribution in [1.29, 1.82) is 0 Å². The van der Waals surface area contributed by atoms with Crippen molar-refractivity contribution in [3.8, 4) is 0 Å². The molecule has 0 aliphatic heterocycles. The Morgan fingerprint density at radius 1 is 1.44 bits per heavy atom. The van der Waals surface area contributed by atoms with Gasteiger partial charge in [0.05, 0.1) is 17.5 Å². The van der Waals surface area contributed by atoms with Gasteiger partial charge in [-0.2, -0.15) is 0 Å². The number of ether oxygens (including phenoxy) is 1. The van der Waals surface area contributed by atoms with Crippen molar-refractivity contribution in [1.82, 2.24) is 0 Å². The molecule has 0 aliphatic carbocycles. The lowest BCUT2D eigenvalue weighted by Gasteiger charge is -2.12. The second kappa shape index (κ2) is 6.81. The number of carbonyl (C=O) groups is 2. The van der Waals surface area contributed by atoms with Gasteiger partial charge in [0.25, 0.3) is 0 Å². The maximum atomic E-state index is 12.0. The summed E-state index contributed by atoms with van der Waals surface area (Å²) in [6, 6.07) is 5.13. The van der Waals surface area contributed by atoms with Gasteiger partial charge in [0.1, 0.15) is 0 Å². The number of rotatable bonds is 5. The van der Waals surface area contributed by atoms with Crippen molar-refractivity contribution in [3.63, 3.8) is 0 Å². The smallest absolute Gasteiger partial charge is 0.340 e. The van der Waals surface area contributed by atoms with Gasteiger partial charge in [-0.15, -0.1) is 23.4 Å². The van der Waals surface area contributed by atoms with Crippen LogP contribution in [-0.4, -0.2) is 30.0 Å². The van der Waals surface area contributed by atoms with Crippen LogP contribution < -0.4 is 0 Å². The number of hydrogen-bond acceptors (Lipinski definition) is 4. The predicted octanol–water partition coefficient (Wildman–Crippen LogP) is 3.40. The summed E-state index contributed by atoms with van der Waals surface area (Å²) in [6.07, 6.45) is 1.84. The van der Waals surface area contributed by atoms with E-state index in [1.165, 1.54) is 11.8 Å². The van der Waals surface area contributed by atoms with Gasteiger partial charge in [-0.1, -0.05) is 12.1 Å². The summed E-state index contributed by atoms with van der Waals surface area (Å²) in [5.74, 6) is -0.751. The van der Waals surface area contributed by atoms with Crippen LogP contribution in [0.15, 0.2) is 23.1 Å². The van der Waals surface area contributed by atoms with Crippen molar-refractivity contribution in [2.75, 3.05) is 12.9 Å². The number of alkyl halides is 1. The molecule has 0 aromatic heterocycles. The third kappa shape index (κ3) is 3.27. The molecule has 98 valence electrons. The van der Waals surface area contributed by atoms with Crippen molar-refractivity contribution < 1.29 is 14.3 Å². The molecule has 1 atom stereocenters. The van der Waals surface area contributed by atoms with E-state index in [-0.39, 0.29) is 12.4 Å². The fourth-order valence-electron chi connectivity index (χ4n) is 1.53. The van der Waals surface area contributed by atoms with Crippen molar-refractivity contribution in [3.05, 3.63) is 29.3 Å². The molecule has 0 saturated carbocycles. The highest BCUT2D eigenvalue weighted by molar-refractivity contribution is 7.98. The third-order valence-electron chi connectivity index (χ3n) is 2.35. The highest BCUT2D eigenvalue weighted by atomic mass is 35.5. The van der Waals surface area contributed by atoms with E-state index in [9.17, 15) is 9.59 Å². The Morgan fingerprint density at radius 3 is 2.61 bits per heavy atom. The quantitative estimate of drug-likeness (QED) is 0.360. The lowest BCUT2D eigenvalue weighted by molar-refractivity contribution is 0.0519. The van der Waals surface area contributed by atoms with Crippen LogP contribution in [0.4, 0.5) is 0 Å². The molecule has 1 aromatic carbocycles. The van der Waals surface area contributed by atoms with E-state index in [1.807, 2.05) is 6.26 Å². The van der Waals surface area contributed by atoms with E-state index in [2.05, 4.69) is 0 Å². The van der Waals surface area contributed by atoms with Gasteiger partial charge < -0.3 is 4.74 Å². The normalized spacial score (nSPS) is 12.0. The summed E-state index contributed by atoms with van der Waals surface area (Å²) in [5.41, 5.74) is 0.632. The summed E-state index contributed by atoms with van der Waals surface area (Å²) in [7, 11) is 0. The summed E-state index contributed by atoms with van der Waals surface area (Å²) < 4.78 is 4.99. The largest absolute Gasteiger partial charge is 0.462 e. The first-order chi connectivity index (χ1) is 8.52. The molecule has 0 spiro atoms. The number of esters is 1. The number of thioether (sulfide) groups is 1. The molecule has 0 amide bonds. The molecule has 0 heterocycles. The van der Waals surface area contributed by atoms with Gasteiger partial charge in [0.2, 0.25) is 0 Å². The topological polar surface area (TPSA) is 43.4 Å². The Hall–Kier alpha value is -1.00. The maximum Gasteiger partial charge on any atom is 0.340 e. The minimum Gasteiger partial charge on any atom is -0.462 e. The highest BCUT2D eigenvalue weighted by Gasteiger charge is 2.23. The van der Waals surface area contributed by atoms with Crippen molar-refractivity contribution in [2.24, 2.45) is 0 Å². The standard InChI is InChI=1S/C13H15ClO3S/c1-4-17-13(16)11-9(12(15)8(2)14)6-5-7-10(11)18-3/h5-8H,4H2,1-3H3. The molecule has 0 N–H and O–H groups in total. The minimum absolute atomic E-state index is 0.268. The predicted molar refractivity (Wildman–Crippen MR) is 73.8 cm³/mol. The molecule has 0 aliphatic rings. The molecular weight excluding hydrogens is 272 g/mol. The fourth-order valence-corrected chi connectivity index (χ4v) is 2.26. The summed E-state index contributed by atoms with van der Waals surface area (Å²) in [5, 5.41) is -0.671. The molecule has 0 saturated heterocycles. The average Bonchev–Trinajstić information content (AvgIpc) is 2.36. The van der Waals surface area contributed by atoms with Crippen LogP contribution in [0, 0.1) is 0 Å². The Bertz CT molecular complexity index is 458. The SMILES string of the molecule is CCOC(=O)c1c(SC)cccc1C(=O)C(C)Cl. The molecular formula is C13H15ClO3S. The lowest BCUT2D eigenvalue weighted by Crippen LogP contribution is -2.18. The van der Waals surface area contributed by atoms with Crippen molar-refractivity contribution in [2.45, 2.75) is 24.1 Å². The van der Waals surface area contributed by atoms with E-state index in [1.54, 1.807) is 32.0 Å². The van der Waals surface area contributed by atoms with E-state index in [0.717, 1.165) is 4.90 Å². The molecule has 0 radical (unpaired) electrons. The number of hydrogen-bond donors (Lipinski definition) is 0. The van der Waals surface area contributed by atoms with Crippen LogP contribution in [0.25, 0.3) is 0 Å². The van der Waals surface area contributed by atoms with Gasteiger partial charge in [-0.3, -0.25) is 4.79 Å². The summed E-state index contributed by atoms with van der Waals surface area (Å²) in [6.45, 7) is 3.58. The van der Waals surface area contributed by atoms with Crippen LogP contribution in [0.3, 0.4) is 0 Å². The number of halogens is 1. The second-order valence-electron chi connectivity index (χ2n) is 3.58. The number of benzene rings is 1. The van der Waals surface area contributed by atoms with Crippen LogP contribution in [0.1, 0.15) is 34.6 Å². The monoisotopic (exact) mass is 286 g/mol. The zero-order chi connectivity index (χ0) is 13.7. The van der Waals surface area contributed by atoms with Gasteiger partial charge in [0.15, 0.2) is 5.78 Å². The lowest BCUT2D eigenvalue weighted by atomic mass is 10.0. The molecule has 0 fully saturated rings. The summed E-state index contributed by atoms with van der Waals surface area (Å²) >= 11 is 7.20. The van der Waals surface area contributed by atoms with Crippen LogP contribution in [0.2, 0.25) is 0 Å². The van der Waals surface area contributed by atoms with Gasteiger partial charge in [-0.25, -0.2) is 4.79 Å². The molecule has 5 heteroatoms. The molecule has 3 nitrogen and oxygen atoms in total.